The predicted octanol–water partition coefficient (Wildman–Crippen LogP) is 2.86. The van der Waals surface area contributed by atoms with E-state index >= 15 is 0 Å². The van der Waals surface area contributed by atoms with E-state index in [-0.39, 0.29) is 5.91 Å². The molecule has 0 fully saturated rings. The topological polar surface area (TPSA) is 90.8 Å². The standard InChI is InChI=1S/C18H16N4O2/c1-3-24-16-9-14-15(8-13(16)10-19)21-22-17(14)11-4-6-12(7-5-11)18(23)20-2/h4-9H,3H2,1-2H3,(H,20,23)(H,21,22). The summed E-state index contributed by atoms with van der Waals surface area (Å²) in [6.45, 7) is 2.35. The first-order valence-corrected chi connectivity index (χ1v) is 7.55. The quantitative estimate of drug-likeness (QED) is 0.773. The molecule has 0 saturated heterocycles. The maximum Gasteiger partial charge on any atom is 0.251 e. The predicted molar refractivity (Wildman–Crippen MR) is 90.8 cm³/mol. The van der Waals surface area contributed by atoms with Crippen molar-refractivity contribution in [3.63, 3.8) is 0 Å². The Morgan fingerprint density at radius 2 is 2.08 bits per heavy atom. The van der Waals surface area contributed by atoms with Crippen LogP contribution in [0.2, 0.25) is 0 Å². The van der Waals surface area contributed by atoms with Gasteiger partial charge in [-0.2, -0.15) is 10.4 Å². The number of H-pyrrole nitrogens is 1. The van der Waals surface area contributed by atoms with Crippen LogP contribution in [0.3, 0.4) is 0 Å². The van der Waals surface area contributed by atoms with E-state index in [1.54, 1.807) is 25.2 Å². The zero-order valence-electron chi connectivity index (χ0n) is 13.4. The Bertz CT molecular complexity index is 936. The average Bonchev–Trinajstić information content (AvgIpc) is 3.03. The van der Waals surface area contributed by atoms with Gasteiger partial charge in [-0.05, 0) is 31.2 Å². The Morgan fingerprint density at radius 3 is 2.71 bits per heavy atom. The first-order chi connectivity index (χ1) is 11.7. The summed E-state index contributed by atoms with van der Waals surface area (Å²) in [4.78, 5) is 11.6. The number of amides is 1. The fourth-order valence-electron chi connectivity index (χ4n) is 2.55. The second-order valence-electron chi connectivity index (χ2n) is 5.17. The lowest BCUT2D eigenvalue weighted by Gasteiger charge is -2.06. The van der Waals surface area contributed by atoms with E-state index in [1.807, 2.05) is 25.1 Å². The molecule has 1 amide bonds. The molecule has 0 bridgehead atoms. The number of ether oxygens (including phenoxy) is 1. The Morgan fingerprint density at radius 1 is 1.33 bits per heavy atom. The average molecular weight is 320 g/mol. The van der Waals surface area contributed by atoms with Crippen molar-refractivity contribution in [3.05, 3.63) is 47.5 Å². The summed E-state index contributed by atoms with van der Waals surface area (Å²) in [5.41, 5.74) is 3.44. The van der Waals surface area contributed by atoms with Crippen molar-refractivity contribution in [2.75, 3.05) is 13.7 Å². The summed E-state index contributed by atoms with van der Waals surface area (Å²) in [6, 6.07) is 12.9. The highest BCUT2D eigenvalue weighted by molar-refractivity contribution is 5.97. The number of aromatic nitrogens is 2. The lowest BCUT2D eigenvalue weighted by molar-refractivity contribution is 0.0963. The van der Waals surface area contributed by atoms with Gasteiger partial charge in [0.2, 0.25) is 0 Å². The molecule has 0 aliphatic carbocycles. The molecule has 1 aromatic heterocycles. The lowest BCUT2D eigenvalue weighted by atomic mass is 10.0. The van der Waals surface area contributed by atoms with Crippen LogP contribution in [0.5, 0.6) is 5.75 Å². The molecule has 1 heterocycles. The monoisotopic (exact) mass is 320 g/mol. The molecule has 0 aliphatic rings. The molecule has 6 nitrogen and oxygen atoms in total. The van der Waals surface area contributed by atoms with E-state index in [0.717, 1.165) is 22.2 Å². The Hall–Kier alpha value is -3.33. The Kier molecular flexibility index (Phi) is 4.17. The van der Waals surface area contributed by atoms with Crippen molar-refractivity contribution < 1.29 is 9.53 Å². The molecule has 0 radical (unpaired) electrons. The second kappa shape index (κ2) is 6.42. The number of nitrogens with zero attached hydrogens (tertiary/aromatic N) is 2. The van der Waals surface area contributed by atoms with E-state index < -0.39 is 0 Å². The van der Waals surface area contributed by atoms with E-state index in [4.69, 9.17) is 4.74 Å². The van der Waals surface area contributed by atoms with Gasteiger partial charge in [0.25, 0.3) is 5.91 Å². The molecular weight excluding hydrogens is 304 g/mol. The molecule has 120 valence electrons. The zero-order chi connectivity index (χ0) is 17.1. The van der Waals surface area contributed by atoms with Gasteiger partial charge in [-0.15, -0.1) is 0 Å². The highest BCUT2D eigenvalue weighted by Gasteiger charge is 2.13. The minimum atomic E-state index is -0.134. The number of aromatic amines is 1. The van der Waals surface area contributed by atoms with Gasteiger partial charge >= 0.3 is 0 Å². The van der Waals surface area contributed by atoms with Crippen LogP contribution in [0.15, 0.2) is 36.4 Å². The number of carbonyl (C=O) groups excluding carboxylic acids is 1. The van der Waals surface area contributed by atoms with E-state index in [0.29, 0.717) is 23.5 Å². The van der Waals surface area contributed by atoms with Crippen molar-refractivity contribution in [1.82, 2.24) is 15.5 Å². The third kappa shape index (κ3) is 2.68. The SMILES string of the molecule is CCOc1cc2c(-c3ccc(C(=O)NC)cc3)n[nH]c2cc1C#N. The van der Waals surface area contributed by atoms with Gasteiger partial charge in [0.1, 0.15) is 17.5 Å². The summed E-state index contributed by atoms with van der Waals surface area (Å²) >= 11 is 0. The van der Waals surface area contributed by atoms with Crippen LogP contribution in [-0.4, -0.2) is 29.8 Å². The molecule has 3 rings (SSSR count). The van der Waals surface area contributed by atoms with Gasteiger partial charge < -0.3 is 10.1 Å². The van der Waals surface area contributed by atoms with Crippen LogP contribution in [0.1, 0.15) is 22.8 Å². The third-order valence-corrected chi connectivity index (χ3v) is 3.73. The molecule has 3 aromatic rings. The molecule has 0 unspecified atom stereocenters. The third-order valence-electron chi connectivity index (χ3n) is 3.73. The molecule has 0 saturated carbocycles. The fraction of sp³-hybridized carbons (Fsp3) is 0.167. The second-order valence-corrected chi connectivity index (χ2v) is 5.17. The first kappa shape index (κ1) is 15.6. The number of carbonyl (C=O) groups is 1. The Balaban J connectivity index is 2.08. The lowest BCUT2D eigenvalue weighted by Crippen LogP contribution is -2.17. The molecule has 24 heavy (non-hydrogen) atoms. The summed E-state index contributed by atoms with van der Waals surface area (Å²) in [5.74, 6) is 0.405. The highest BCUT2D eigenvalue weighted by Crippen LogP contribution is 2.31. The van der Waals surface area contributed by atoms with E-state index in [9.17, 15) is 10.1 Å². The number of fused-ring (bicyclic) bond motifs is 1. The van der Waals surface area contributed by atoms with Crippen LogP contribution in [-0.2, 0) is 0 Å². The Labute approximate surface area is 139 Å². The fourth-order valence-corrected chi connectivity index (χ4v) is 2.55. The van der Waals surface area contributed by atoms with Gasteiger partial charge in [-0.25, -0.2) is 0 Å². The molecule has 0 spiro atoms. The van der Waals surface area contributed by atoms with Gasteiger partial charge in [0.05, 0.1) is 17.7 Å². The summed E-state index contributed by atoms with van der Waals surface area (Å²) in [6.07, 6.45) is 0. The molecule has 0 aliphatic heterocycles. The molecule has 0 atom stereocenters. The molecular formula is C18H16N4O2. The largest absolute Gasteiger partial charge is 0.492 e. The van der Waals surface area contributed by atoms with Gasteiger partial charge in [0.15, 0.2) is 0 Å². The van der Waals surface area contributed by atoms with Crippen LogP contribution >= 0.6 is 0 Å². The van der Waals surface area contributed by atoms with Crippen LogP contribution in [0.4, 0.5) is 0 Å². The maximum atomic E-state index is 11.6. The van der Waals surface area contributed by atoms with Crippen molar-refractivity contribution in [1.29, 1.82) is 5.26 Å². The molecule has 6 heteroatoms. The number of nitriles is 1. The van der Waals surface area contributed by atoms with Gasteiger partial charge in [-0.1, -0.05) is 12.1 Å². The van der Waals surface area contributed by atoms with E-state index in [1.165, 1.54) is 0 Å². The smallest absolute Gasteiger partial charge is 0.251 e. The van der Waals surface area contributed by atoms with Crippen molar-refractivity contribution in [3.8, 4) is 23.1 Å². The summed E-state index contributed by atoms with van der Waals surface area (Å²) < 4.78 is 5.54. The normalized spacial score (nSPS) is 10.4. The van der Waals surface area contributed by atoms with Gasteiger partial charge in [-0.3, -0.25) is 9.89 Å². The first-order valence-electron chi connectivity index (χ1n) is 7.55. The minimum absolute atomic E-state index is 0.134. The summed E-state index contributed by atoms with van der Waals surface area (Å²) in [7, 11) is 1.60. The van der Waals surface area contributed by atoms with E-state index in [2.05, 4.69) is 21.6 Å². The summed E-state index contributed by atoms with van der Waals surface area (Å²) in [5, 5.41) is 20.0. The zero-order valence-corrected chi connectivity index (χ0v) is 13.4. The number of rotatable bonds is 4. The minimum Gasteiger partial charge on any atom is -0.492 e. The van der Waals surface area contributed by atoms with Gasteiger partial charge in [0, 0.05) is 23.6 Å². The highest BCUT2D eigenvalue weighted by atomic mass is 16.5. The molecule has 2 N–H and O–H groups in total. The van der Waals surface area contributed by atoms with Crippen molar-refractivity contribution in [2.45, 2.75) is 6.92 Å². The number of nitrogens with one attached hydrogen (secondary N) is 2. The molecule has 2 aromatic carbocycles. The van der Waals surface area contributed by atoms with Crippen molar-refractivity contribution in [2.24, 2.45) is 0 Å². The number of hydrogen-bond acceptors (Lipinski definition) is 4. The van der Waals surface area contributed by atoms with Crippen molar-refractivity contribution >= 4 is 16.8 Å². The van der Waals surface area contributed by atoms with Crippen LogP contribution < -0.4 is 10.1 Å². The van der Waals surface area contributed by atoms with Crippen LogP contribution in [0, 0.1) is 11.3 Å². The number of hydrogen-bond donors (Lipinski definition) is 2. The number of benzene rings is 2. The maximum absolute atomic E-state index is 11.6. The van der Waals surface area contributed by atoms with Crippen LogP contribution in [0.25, 0.3) is 22.2 Å².